The molecule has 1 aromatic carbocycles. The number of anilines is 1. The lowest BCUT2D eigenvalue weighted by Crippen LogP contribution is -2.31. The van der Waals surface area contributed by atoms with Crippen molar-refractivity contribution in [1.82, 2.24) is 0 Å². The third-order valence-electron chi connectivity index (χ3n) is 3.28. The molecule has 94 valence electrons. The average Bonchev–Trinajstić information content (AvgIpc) is 2.27. The highest BCUT2D eigenvalue weighted by Gasteiger charge is 2.21. The van der Waals surface area contributed by atoms with Crippen molar-refractivity contribution in [2.45, 2.75) is 52.0 Å². The number of hydrogen-bond acceptors (Lipinski definition) is 2. The molecule has 0 saturated heterocycles. The largest absolute Gasteiger partial charge is 0.489 e. The van der Waals surface area contributed by atoms with Gasteiger partial charge in [-0.2, -0.15) is 0 Å². The Morgan fingerprint density at radius 1 is 1.35 bits per heavy atom. The van der Waals surface area contributed by atoms with Crippen LogP contribution in [-0.4, -0.2) is 12.6 Å². The second kappa shape index (κ2) is 4.59. The highest BCUT2D eigenvalue weighted by molar-refractivity contribution is 5.60. The fourth-order valence-corrected chi connectivity index (χ4v) is 2.19. The van der Waals surface area contributed by atoms with Crippen molar-refractivity contribution in [3.8, 4) is 5.75 Å². The summed E-state index contributed by atoms with van der Waals surface area (Å²) >= 11 is 0. The van der Waals surface area contributed by atoms with Crippen LogP contribution in [0.3, 0.4) is 0 Å². The minimum Gasteiger partial charge on any atom is -0.489 e. The first-order valence-corrected chi connectivity index (χ1v) is 6.54. The van der Waals surface area contributed by atoms with E-state index in [0.29, 0.717) is 6.04 Å². The lowest BCUT2D eigenvalue weighted by Gasteiger charge is -2.29. The molecule has 0 radical (unpaired) electrons. The first-order chi connectivity index (χ1) is 8.00. The Kier molecular flexibility index (Phi) is 3.32. The van der Waals surface area contributed by atoms with Crippen LogP contribution in [0.5, 0.6) is 5.75 Å². The fraction of sp³-hybridized carbons (Fsp3) is 0.600. The predicted molar refractivity (Wildman–Crippen MR) is 73.0 cm³/mol. The van der Waals surface area contributed by atoms with Crippen LogP contribution in [0.4, 0.5) is 5.69 Å². The summed E-state index contributed by atoms with van der Waals surface area (Å²) in [5, 5.41) is 3.59. The van der Waals surface area contributed by atoms with E-state index in [4.69, 9.17) is 4.74 Å². The molecule has 0 spiro atoms. The molecule has 0 amide bonds. The van der Waals surface area contributed by atoms with Gasteiger partial charge in [-0.3, -0.25) is 0 Å². The van der Waals surface area contributed by atoms with E-state index in [2.05, 4.69) is 51.2 Å². The molecule has 17 heavy (non-hydrogen) atoms. The van der Waals surface area contributed by atoms with Crippen LogP contribution < -0.4 is 10.1 Å². The Morgan fingerprint density at radius 2 is 2.12 bits per heavy atom. The summed E-state index contributed by atoms with van der Waals surface area (Å²) in [6, 6.07) is 6.95. The number of hydrogen-bond donors (Lipinski definition) is 1. The van der Waals surface area contributed by atoms with Crippen LogP contribution >= 0.6 is 0 Å². The molecule has 0 fully saturated rings. The molecular weight excluding hydrogens is 210 g/mol. The Labute approximate surface area is 104 Å². The van der Waals surface area contributed by atoms with Crippen molar-refractivity contribution in [2.24, 2.45) is 0 Å². The molecule has 0 saturated carbocycles. The number of nitrogens with one attached hydrogen (secondary N) is 1. The molecule has 1 heterocycles. The highest BCUT2D eigenvalue weighted by atomic mass is 16.5. The van der Waals surface area contributed by atoms with E-state index in [1.54, 1.807) is 0 Å². The van der Waals surface area contributed by atoms with Gasteiger partial charge in [0.15, 0.2) is 0 Å². The van der Waals surface area contributed by atoms with Crippen molar-refractivity contribution < 1.29 is 4.74 Å². The van der Waals surface area contributed by atoms with Crippen molar-refractivity contribution in [3.63, 3.8) is 0 Å². The SMILES string of the molecule is CCCC1COc2ccc(C(C)(C)C)cc2N1. The van der Waals surface area contributed by atoms with Crippen LogP contribution in [0.25, 0.3) is 0 Å². The van der Waals surface area contributed by atoms with E-state index >= 15 is 0 Å². The molecule has 0 aliphatic carbocycles. The van der Waals surface area contributed by atoms with E-state index in [1.165, 1.54) is 18.4 Å². The van der Waals surface area contributed by atoms with E-state index in [9.17, 15) is 0 Å². The maximum atomic E-state index is 5.79. The minimum absolute atomic E-state index is 0.189. The molecule has 0 aromatic heterocycles. The van der Waals surface area contributed by atoms with E-state index in [1.807, 2.05) is 0 Å². The average molecular weight is 233 g/mol. The van der Waals surface area contributed by atoms with Crippen molar-refractivity contribution >= 4 is 5.69 Å². The van der Waals surface area contributed by atoms with Crippen molar-refractivity contribution in [2.75, 3.05) is 11.9 Å². The Balaban J connectivity index is 2.23. The maximum Gasteiger partial charge on any atom is 0.142 e. The van der Waals surface area contributed by atoms with Gasteiger partial charge in [0.2, 0.25) is 0 Å². The Hall–Kier alpha value is -1.18. The summed E-state index contributed by atoms with van der Waals surface area (Å²) in [4.78, 5) is 0. The molecule has 1 aliphatic heterocycles. The van der Waals surface area contributed by atoms with Gasteiger partial charge in [-0.05, 0) is 29.5 Å². The summed E-state index contributed by atoms with van der Waals surface area (Å²) in [7, 11) is 0. The van der Waals surface area contributed by atoms with Crippen LogP contribution in [0.2, 0.25) is 0 Å². The summed E-state index contributed by atoms with van der Waals surface area (Å²) < 4.78 is 5.79. The van der Waals surface area contributed by atoms with Gasteiger partial charge in [-0.25, -0.2) is 0 Å². The van der Waals surface area contributed by atoms with E-state index in [0.717, 1.165) is 18.0 Å². The van der Waals surface area contributed by atoms with E-state index < -0.39 is 0 Å². The standard InChI is InChI=1S/C15H23NO/c1-5-6-12-10-17-14-8-7-11(15(2,3)4)9-13(14)16-12/h7-9,12,16H,5-6,10H2,1-4H3. The highest BCUT2D eigenvalue weighted by Crippen LogP contribution is 2.34. The topological polar surface area (TPSA) is 21.3 Å². The van der Waals surface area contributed by atoms with Crippen LogP contribution in [0.15, 0.2) is 18.2 Å². The molecule has 1 unspecified atom stereocenters. The van der Waals surface area contributed by atoms with Gasteiger partial charge < -0.3 is 10.1 Å². The summed E-state index contributed by atoms with van der Waals surface area (Å²) in [5.74, 6) is 0.991. The van der Waals surface area contributed by atoms with Gasteiger partial charge in [-0.1, -0.05) is 40.2 Å². The second-order valence-corrected chi connectivity index (χ2v) is 5.90. The van der Waals surface area contributed by atoms with E-state index in [-0.39, 0.29) is 5.41 Å². The lowest BCUT2D eigenvalue weighted by molar-refractivity contribution is 0.277. The van der Waals surface area contributed by atoms with Crippen LogP contribution in [0.1, 0.15) is 46.1 Å². The zero-order valence-corrected chi connectivity index (χ0v) is 11.3. The molecular formula is C15H23NO. The normalized spacial score (nSPS) is 19.2. The smallest absolute Gasteiger partial charge is 0.142 e. The predicted octanol–water partition coefficient (Wildman–Crippen LogP) is 3.96. The second-order valence-electron chi connectivity index (χ2n) is 5.90. The zero-order chi connectivity index (χ0) is 12.5. The van der Waals surface area contributed by atoms with Gasteiger partial charge in [0.1, 0.15) is 12.4 Å². The Bertz CT molecular complexity index is 392. The van der Waals surface area contributed by atoms with Gasteiger partial charge >= 0.3 is 0 Å². The fourth-order valence-electron chi connectivity index (χ4n) is 2.19. The molecule has 0 bridgehead atoms. The van der Waals surface area contributed by atoms with Crippen LogP contribution in [0, 0.1) is 0 Å². The van der Waals surface area contributed by atoms with Crippen molar-refractivity contribution in [3.05, 3.63) is 23.8 Å². The molecule has 2 heteroatoms. The number of ether oxygens (including phenoxy) is 1. The first-order valence-electron chi connectivity index (χ1n) is 6.54. The molecule has 1 aromatic rings. The van der Waals surface area contributed by atoms with Gasteiger partial charge in [0, 0.05) is 0 Å². The zero-order valence-electron chi connectivity index (χ0n) is 11.3. The summed E-state index contributed by atoms with van der Waals surface area (Å²) in [5.41, 5.74) is 2.70. The number of fused-ring (bicyclic) bond motifs is 1. The summed E-state index contributed by atoms with van der Waals surface area (Å²) in [6.45, 7) is 9.71. The molecule has 2 nitrogen and oxygen atoms in total. The molecule has 1 atom stereocenters. The first kappa shape index (κ1) is 12.3. The molecule has 2 rings (SSSR count). The third kappa shape index (κ3) is 2.74. The van der Waals surface area contributed by atoms with Crippen molar-refractivity contribution in [1.29, 1.82) is 0 Å². The quantitative estimate of drug-likeness (QED) is 0.835. The summed E-state index contributed by atoms with van der Waals surface area (Å²) in [6.07, 6.45) is 2.36. The van der Waals surface area contributed by atoms with Gasteiger partial charge in [-0.15, -0.1) is 0 Å². The monoisotopic (exact) mass is 233 g/mol. The third-order valence-corrected chi connectivity index (χ3v) is 3.28. The van der Waals surface area contributed by atoms with Gasteiger partial charge in [0.25, 0.3) is 0 Å². The maximum absolute atomic E-state index is 5.79. The molecule has 1 aliphatic rings. The number of rotatable bonds is 2. The van der Waals surface area contributed by atoms with Gasteiger partial charge in [0.05, 0.1) is 11.7 Å². The molecule has 1 N–H and O–H groups in total. The minimum atomic E-state index is 0.189. The Morgan fingerprint density at radius 3 is 2.76 bits per heavy atom. The van der Waals surface area contributed by atoms with Crippen LogP contribution in [-0.2, 0) is 5.41 Å². The lowest BCUT2D eigenvalue weighted by atomic mass is 9.86. The number of benzene rings is 1.